The maximum Gasteiger partial charge on any atom is 0.125 e. The Morgan fingerprint density at radius 2 is 2.24 bits per heavy atom. The Morgan fingerprint density at radius 1 is 1.47 bits per heavy atom. The quantitative estimate of drug-likeness (QED) is 0.841. The van der Waals surface area contributed by atoms with Crippen LogP contribution in [0.4, 0.5) is 0 Å². The van der Waals surface area contributed by atoms with E-state index in [1.165, 1.54) is 0 Å². The highest BCUT2D eigenvalue weighted by Crippen LogP contribution is 2.41. The van der Waals surface area contributed by atoms with Crippen LogP contribution in [0.3, 0.4) is 0 Å². The van der Waals surface area contributed by atoms with E-state index in [1.54, 1.807) is 0 Å². The fourth-order valence-corrected chi connectivity index (χ4v) is 2.50. The molecule has 17 heavy (non-hydrogen) atoms. The average molecular weight is 235 g/mol. The van der Waals surface area contributed by atoms with E-state index in [0.29, 0.717) is 13.0 Å². The van der Waals surface area contributed by atoms with Gasteiger partial charge >= 0.3 is 0 Å². The molecule has 0 saturated heterocycles. The predicted molar refractivity (Wildman–Crippen MR) is 68.0 cm³/mol. The molecule has 2 unspecified atom stereocenters. The van der Waals surface area contributed by atoms with E-state index in [0.717, 1.165) is 30.6 Å². The van der Waals surface area contributed by atoms with Crippen molar-refractivity contribution < 1.29 is 9.84 Å². The maximum absolute atomic E-state index is 10.7. The van der Waals surface area contributed by atoms with Crippen molar-refractivity contribution >= 4 is 0 Å². The Kier molecular flexibility index (Phi) is 3.69. The van der Waals surface area contributed by atoms with Crippen molar-refractivity contribution in [3.05, 3.63) is 29.8 Å². The van der Waals surface area contributed by atoms with Crippen LogP contribution in [0.1, 0.15) is 38.2 Å². The first-order valence-electron chi connectivity index (χ1n) is 6.36. The number of para-hydroxylation sites is 1. The first-order valence-corrected chi connectivity index (χ1v) is 6.36. The topological polar surface area (TPSA) is 55.5 Å². The zero-order valence-corrected chi connectivity index (χ0v) is 10.4. The van der Waals surface area contributed by atoms with Crippen molar-refractivity contribution in [2.24, 2.45) is 5.73 Å². The first-order chi connectivity index (χ1) is 8.15. The van der Waals surface area contributed by atoms with Gasteiger partial charge in [0.05, 0.1) is 12.2 Å². The van der Waals surface area contributed by atoms with Gasteiger partial charge in [0.2, 0.25) is 0 Å². The Bertz CT molecular complexity index is 380. The molecule has 3 N–H and O–H groups in total. The third-order valence-electron chi connectivity index (χ3n) is 3.38. The minimum Gasteiger partial charge on any atom is -0.493 e. The summed E-state index contributed by atoms with van der Waals surface area (Å²) in [5.41, 5.74) is 5.99. The van der Waals surface area contributed by atoms with Crippen LogP contribution in [0, 0.1) is 0 Å². The summed E-state index contributed by atoms with van der Waals surface area (Å²) in [5.74, 6) is 0.797. The molecule has 0 bridgehead atoms. The summed E-state index contributed by atoms with van der Waals surface area (Å²) in [4.78, 5) is 0. The van der Waals surface area contributed by atoms with E-state index in [1.807, 2.05) is 24.3 Å². The zero-order valence-electron chi connectivity index (χ0n) is 10.4. The summed E-state index contributed by atoms with van der Waals surface area (Å²) in [6, 6.07) is 7.85. The van der Waals surface area contributed by atoms with Crippen LogP contribution in [0.15, 0.2) is 24.3 Å². The van der Waals surface area contributed by atoms with Gasteiger partial charge in [-0.15, -0.1) is 0 Å². The molecule has 0 aromatic heterocycles. The third-order valence-corrected chi connectivity index (χ3v) is 3.38. The molecule has 1 aliphatic carbocycles. The minimum atomic E-state index is -0.802. The van der Waals surface area contributed by atoms with Gasteiger partial charge in [0.25, 0.3) is 0 Å². The van der Waals surface area contributed by atoms with Crippen LogP contribution in [0.25, 0.3) is 0 Å². The highest BCUT2D eigenvalue weighted by molar-refractivity contribution is 5.38. The summed E-state index contributed by atoms with van der Waals surface area (Å²) in [6.45, 7) is 2.75. The SMILES string of the molecule is CCCOc1ccccc1C1(O)CCC(N)C1. The van der Waals surface area contributed by atoms with Gasteiger partial charge < -0.3 is 15.6 Å². The monoisotopic (exact) mass is 235 g/mol. The molecule has 1 saturated carbocycles. The standard InChI is InChI=1S/C14H21NO2/c1-2-9-17-13-6-4-3-5-12(13)14(16)8-7-11(15)10-14/h3-6,11,16H,2,7-10,15H2,1H3. The summed E-state index contributed by atoms with van der Waals surface area (Å²) in [6.07, 6.45) is 3.19. The predicted octanol–water partition coefficient (Wildman–Crippen LogP) is 2.17. The van der Waals surface area contributed by atoms with E-state index < -0.39 is 5.60 Å². The van der Waals surface area contributed by atoms with Crippen LogP contribution in [0.5, 0.6) is 5.75 Å². The number of ether oxygens (including phenoxy) is 1. The second kappa shape index (κ2) is 5.07. The second-order valence-corrected chi connectivity index (χ2v) is 4.88. The van der Waals surface area contributed by atoms with Crippen molar-refractivity contribution in [1.29, 1.82) is 0 Å². The summed E-state index contributed by atoms with van der Waals surface area (Å²) in [5, 5.41) is 10.7. The van der Waals surface area contributed by atoms with E-state index >= 15 is 0 Å². The smallest absolute Gasteiger partial charge is 0.125 e. The fraction of sp³-hybridized carbons (Fsp3) is 0.571. The van der Waals surface area contributed by atoms with Crippen molar-refractivity contribution in [1.82, 2.24) is 0 Å². The third kappa shape index (κ3) is 2.61. The molecule has 1 aliphatic rings. The largest absolute Gasteiger partial charge is 0.493 e. The number of rotatable bonds is 4. The minimum absolute atomic E-state index is 0.0965. The van der Waals surface area contributed by atoms with Gasteiger partial charge in [-0.3, -0.25) is 0 Å². The molecular weight excluding hydrogens is 214 g/mol. The molecule has 0 radical (unpaired) electrons. The molecule has 0 amide bonds. The van der Waals surface area contributed by atoms with E-state index in [-0.39, 0.29) is 6.04 Å². The molecule has 3 heteroatoms. The number of hydrogen-bond donors (Lipinski definition) is 2. The van der Waals surface area contributed by atoms with Crippen molar-refractivity contribution in [2.75, 3.05) is 6.61 Å². The normalized spacial score (nSPS) is 28.3. The van der Waals surface area contributed by atoms with Crippen molar-refractivity contribution in [3.8, 4) is 5.75 Å². The molecule has 1 aromatic rings. The number of aliphatic hydroxyl groups is 1. The van der Waals surface area contributed by atoms with Gasteiger partial charge in [-0.25, -0.2) is 0 Å². The molecule has 1 aromatic carbocycles. The van der Waals surface area contributed by atoms with Crippen LogP contribution < -0.4 is 10.5 Å². The lowest BCUT2D eigenvalue weighted by Gasteiger charge is -2.25. The molecule has 2 rings (SSSR count). The first kappa shape index (κ1) is 12.4. The lowest BCUT2D eigenvalue weighted by Crippen LogP contribution is -2.26. The van der Waals surface area contributed by atoms with E-state index in [4.69, 9.17) is 10.5 Å². The van der Waals surface area contributed by atoms with Crippen LogP contribution in [0.2, 0.25) is 0 Å². The van der Waals surface area contributed by atoms with Crippen LogP contribution in [-0.4, -0.2) is 17.8 Å². The molecule has 0 heterocycles. The molecule has 2 atom stereocenters. The van der Waals surface area contributed by atoms with E-state index in [9.17, 15) is 5.11 Å². The Labute approximate surface area is 103 Å². The number of benzene rings is 1. The van der Waals surface area contributed by atoms with Gasteiger partial charge in [-0.1, -0.05) is 25.1 Å². The molecule has 0 spiro atoms. The Hall–Kier alpha value is -1.06. The zero-order chi connectivity index (χ0) is 12.3. The maximum atomic E-state index is 10.7. The summed E-state index contributed by atoms with van der Waals surface area (Å²) in [7, 11) is 0. The highest BCUT2D eigenvalue weighted by Gasteiger charge is 2.39. The van der Waals surface area contributed by atoms with E-state index in [2.05, 4.69) is 6.92 Å². The van der Waals surface area contributed by atoms with Gasteiger partial charge in [-0.05, 0) is 31.7 Å². The van der Waals surface area contributed by atoms with Gasteiger partial charge in [0, 0.05) is 11.6 Å². The van der Waals surface area contributed by atoms with Crippen molar-refractivity contribution in [3.63, 3.8) is 0 Å². The molecule has 94 valence electrons. The molecule has 1 fully saturated rings. The fourth-order valence-electron chi connectivity index (χ4n) is 2.50. The summed E-state index contributed by atoms with van der Waals surface area (Å²) < 4.78 is 5.70. The molecular formula is C14H21NO2. The van der Waals surface area contributed by atoms with Gasteiger partial charge in [0.1, 0.15) is 5.75 Å². The molecule has 0 aliphatic heterocycles. The molecule has 3 nitrogen and oxygen atoms in total. The number of hydrogen-bond acceptors (Lipinski definition) is 3. The lowest BCUT2D eigenvalue weighted by molar-refractivity contribution is 0.0399. The van der Waals surface area contributed by atoms with Crippen LogP contribution in [-0.2, 0) is 5.60 Å². The lowest BCUT2D eigenvalue weighted by atomic mass is 9.91. The summed E-state index contributed by atoms with van der Waals surface area (Å²) >= 11 is 0. The van der Waals surface area contributed by atoms with Gasteiger partial charge in [0.15, 0.2) is 0 Å². The van der Waals surface area contributed by atoms with Gasteiger partial charge in [-0.2, -0.15) is 0 Å². The average Bonchev–Trinajstić information content (AvgIpc) is 2.68. The van der Waals surface area contributed by atoms with Crippen LogP contribution >= 0.6 is 0 Å². The number of nitrogens with two attached hydrogens (primary N) is 1. The Morgan fingerprint density at radius 3 is 2.88 bits per heavy atom. The Balaban J connectivity index is 2.25. The second-order valence-electron chi connectivity index (χ2n) is 4.88. The van der Waals surface area contributed by atoms with Crippen molar-refractivity contribution in [2.45, 2.75) is 44.2 Å². The highest BCUT2D eigenvalue weighted by atomic mass is 16.5.